The van der Waals surface area contributed by atoms with Gasteiger partial charge in [-0.05, 0) is 27.7 Å². The maximum atomic E-state index is 5.99. The zero-order chi connectivity index (χ0) is 12.6. The molecule has 0 rings (SSSR count). The summed E-state index contributed by atoms with van der Waals surface area (Å²) < 4.78 is 17.5. The van der Waals surface area contributed by atoms with Crippen LogP contribution in [0.4, 0.5) is 0 Å². The molecule has 0 aromatic rings. The Morgan fingerprint density at radius 2 is 1.53 bits per heavy atom. The fraction of sp³-hybridized carbons (Fsp3) is 1.00. The van der Waals surface area contributed by atoms with Crippen LogP contribution in [0, 0.1) is 0 Å². The zero-order valence-electron chi connectivity index (χ0n) is 11.8. The lowest BCUT2D eigenvalue weighted by Crippen LogP contribution is -2.51. The SMILES string of the molecule is CCC[Si](OCC)(OCC)OC(C)C(C)N.O. The van der Waals surface area contributed by atoms with E-state index in [1.165, 1.54) is 0 Å². The van der Waals surface area contributed by atoms with Gasteiger partial charge < -0.3 is 24.5 Å². The van der Waals surface area contributed by atoms with Gasteiger partial charge in [0.15, 0.2) is 0 Å². The van der Waals surface area contributed by atoms with Crippen molar-refractivity contribution in [3.63, 3.8) is 0 Å². The molecule has 0 amide bonds. The molecule has 6 heteroatoms. The summed E-state index contributed by atoms with van der Waals surface area (Å²) in [6.45, 7) is 11.2. The molecule has 5 nitrogen and oxygen atoms in total. The van der Waals surface area contributed by atoms with Crippen molar-refractivity contribution in [3.05, 3.63) is 0 Å². The van der Waals surface area contributed by atoms with Crippen molar-refractivity contribution in [2.24, 2.45) is 5.73 Å². The maximum Gasteiger partial charge on any atom is 0.501 e. The van der Waals surface area contributed by atoms with Gasteiger partial charge in [-0.25, -0.2) is 0 Å². The standard InChI is InChI=1S/C11H27NO3Si.H2O/c1-6-9-16(13-7-2,14-8-3)15-11(5)10(4)12;/h10-11H,6-9,12H2,1-5H3;1H2. The molecule has 0 aliphatic rings. The lowest BCUT2D eigenvalue weighted by atomic mass is 10.2. The second kappa shape index (κ2) is 9.99. The van der Waals surface area contributed by atoms with Crippen LogP contribution in [0.2, 0.25) is 6.04 Å². The highest BCUT2D eigenvalue weighted by atomic mass is 28.4. The third-order valence-electron chi connectivity index (χ3n) is 2.39. The molecular weight excluding hydrogens is 238 g/mol. The number of nitrogens with two attached hydrogens (primary N) is 1. The molecule has 0 aromatic heterocycles. The molecule has 0 radical (unpaired) electrons. The predicted molar refractivity (Wildman–Crippen MR) is 71.9 cm³/mol. The van der Waals surface area contributed by atoms with E-state index in [0.717, 1.165) is 12.5 Å². The first-order chi connectivity index (χ1) is 7.51. The maximum absolute atomic E-state index is 5.99. The van der Waals surface area contributed by atoms with Crippen molar-refractivity contribution in [1.82, 2.24) is 0 Å². The van der Waals surface area contributed by atoms with Gasteiger partial charge in [-0.3, -0.25) is 0 Å². The van der Waals surface area contributed by atoms with E-state index in [0.29, 0.717) is 13.2 Å². The minimum atomic E-state index is -2.50. The third kappa shape index (κ3) is 7.12. The largest absolute Gasteiger partial charge is 0.501 e. The highest BCUT2D eigenvalue weighted by Crippen LogP contribution is 2.20. The van der Waals surface area contributed by atoms with Crippen molar-refractivity contribution in [2.75, 3.05) is 13.2 Å². The van der Waals surface area contributed by atoms with E-state index in [1.807, 2.05) is 27.7 Å². The third-order valence-corrected chi connectivity index (χ3v) is 5.69. The van der Waals surface area contributed by atoms with Gasteiger partial charge in [0, 0.05) is 25.3 Å². The molecular formula is C11H29NO4Si. The van der Waals surface area contributed by atoms with Gasteiger partial charge >= 0.3 is 8.80 Å². The van der Waals surface area contributed by atoms with Crippen molar-refractivity contribution in [3.8, 4) is 0 Å². The van der Waals surface area contributed by atoms with Gasteiger partial charge in [0.2, 0.25) is 0 Å². The van der Waals surface area contributed by atoms with Crippen molar-refractivity contribution >= 4 is 8.80 Å². The first-order valence-corrected chi connectivity index (χ1v) is 8.15. The monoisotopic (exact) mass is 267 g/mol. The summed E-state index contributed by atoms with van der Waals surface area (Å²) in [7, 11) is -2.50. The average molecular weight is 267 g/mol. The number of hydrogen-bond donors (Lipinski definition) is 1. The Morgan fingerprint density at radius 1 is 1.06 bits per heavy atom. The summed E-state index contributed by atoms with van der Waals surface area (Å²) in [6, 6.07) is 0.843. The van der Waals surface area contributed by atoms with Crippen LogP contribution in [0.15, 0.2) is 0 Å². The van der Waals surface area contributed by atoms with Crippen LogP contribution in [-0.4, -0.2) is 39.6 Å². The van der Waals surface area contributed by atoms with E-state index in [1.54, 1.807) is 0 Å². The van der Waals surface area contributed by atoms with E-state index in [2.05, 4.69) is 6.92 Å². The normalized spacial score (nSPS) is 15.2. The summed E-state index contributed by atoms with van der Waals surface area (Å²) >= 11 is 0. The molecule has 4 N–H and O–H groups in total. The van der Waals surface area contributed by atoms with Gasteiger partial charge in [0.1, 0.15) is 0 Å². The molecule has 0 fully saturated rings. The Kier molecular flexibility index (Phi) is 11.4. The molecule has 2 unspecified atom stereocenters. The minimum absolute atomic E-state index is 0. The Bertz CT molecular complexity index is 164. The van der Waals surface area contributed by atoms with Gasteiger partial charge in [0.05, 0.1) is 6.10 Å². The Hall–Kier alpha value is 0.0169. The van der Waals surface area contributed by atoms with E-state index < -0.39 is 8.80 Å². The summed E-state index contributed by atoms with van der Waals surface area (Å²) in [5, 5.41) is 0. The van der Waals surface area contributed by atoms with Crippen molar-refractivity contribution < 1.29 is 18.8 Å². The van der Waals surface area contributed by atoms with E-state index in [4.69, 9.17) is 19.0 Å². The fourth-order valence-electron chi connectivity index (χ4n) is 1.45. The molecule has 0 saturated carbocycles. The topological polar surface area (TPSA) is 85.2 Å². The van der Waals surface area contributed by atoms with Crippen LogP contribution >= 0.6 is 0 Å². The van der Waals surface area contributed by atoms with E-state index in [9.17, 15) is 0 Å². The number of hydrogen-bond acceptors (Lipinski definition) is 4. The molecule has 0 saturated heterocycles. The quantitative estimate of drug-likeness (QED) is 0.639. The van der Waals surface area contributed by atoms with Crippen LogP contribution < -0.4 is 5.73 Å². The first-order valence-electron chi connectivity index (χ1n) is 6.22. The van der Waals surface area contributed by atoms with Crippen LogP contribution in [-0.2, 0) is 13.3 Å². The molecule has 2 atom stereocenters. The van der Waals surface area contributed by atoms with Crippen molar-refractivity contribution in [1.29, 1.82) is 0 Å². The zero-order valence-corrected chi connectivity index (χ0v) is 12.8. The molecule has 0 aliphatic carbocycles. The van der Waals surface area contributed by atoms with E-state index >= 15 is 0 Å². The lowest BCUT2D eigenvalue weighted by molar-refractivity contribution is 0.0314. The Labute approximate surface area is 106 Å². The second-order valence-electron chi connectivity index (χ2n) is 3.98. The molecule has 0 aromatic carbocycles. The summed E-state index contributed by atoms with van der Waals surface area (Å²) in [5.74, 6) is 0. The van der Waals surface area contributed by atoms with Gasteiger partial charge in [-0.1, -0.05) is 13.3 Å². The van der Waals surface area contributed by atoms with Crippen LogP contribution in [0.3, 0.4) is 0 Å². The minimum Gasteiger partial charge on any atom is -0.412 e. The Balaban J connectivity index is 0. The molecule has 0 spiro atoms. The molecule has 0 bridgehead atoms. The van der Waals surface area contributed by atoms with Crippen LogP contribution in [0.5, 0.6) is 0 Å². The summed E-state index contributed by atoms with van der Waals surface area (Å²) in [4.78, 5) is 0. The van der Waals surface area contributed by atoms with Gasteiger partial charge in [-0.15, -0.1) is 0 Å². The fourth-order valence-corrected chi connectivity index (χ4v) is 4.35. The van der Waals surface area contributed by atoms with Crippen LogP contribution in [0.25, 0.3) is 0 Å². The molecule has 0 aliphatic heterocycles. The van der Waals surface area contributed by atoms with Gasteiger partial charge in [-0.2, -0.15) is 0 Å². The lowest BCUT2D eigenvalue weighted by Gasteiger charge is -2.32. The first kappa shape index (κ1) is 19.4. The Morgan fingerprint density at radius 3 is 1.82 bits per heavy atom. The molecule has 0 heterocycles. The summed E-state index contributed by atoms with van der Waals surface area (Å²) in [5.41, 5.74) is 5.82. The predicted octanol–water partition coefficient (Wildman–Crippen LogP) is 1.34. The second-order valence-corrected chi connectivity index (χ2v) is 6.66. The number of rotatable bonds is 9. The smallest absolute Gasteiger partial charge is 0.412 e. The highest BCUT2D eigenvalue weighted by molar-refractivity contribution is 6.60. The van der Waals surface area contributed by atoms with Gasteiger partial charge in [0.25, 0.3) is 0 Å². The molecule has 106 valence electrons. The summed E-state index contributed by atoms with van der Waals surface area (Å²) in [6.07, 6.45) is 0.967. The molecule has 17 heavy (non-hydrogen) atoms. The average Bonchev–Trinajstić information content (AvgIpc) is 2.18. The highest BCUT2D eigenvalue weighted by Gasteiger charge is 2.41. The van der Waals surface area contributed by atoms with E-state index in [-0.39, 0.29) is 17.6 Å². The van der Waals surface area contributed by atoms with Crippen LogP contribution in [0.1, 0.15) is 41.0 Å². The van der Waals surface area contributed by atoms with Crippen molar-refractivity contribution in [2.45, 2.75) is 59.2 Å².